The van der Waals surface area contributed by atoms with Crippen molar-refractivity contribution in [2.24, 2.45) is 7.05 Å². The van der Waals surface area contributed by atoms with Gasteiger partial charge in [0.1, 0.15) is 0 Å². The Labute approximate surface area is 159 Å². The summed E-state index contributed by atoms with van der Waals surface area (Å²) in [7, 11) is 1.86. The number of morpholine rings is 1. The lowest BCUT2D eigenvalue weighted by molar-refractivity contribution is -0.126. The number of aromatic nitrogens is 2. The highest BCUT2D eigenvalue weighted by atomic mass is 16.5. The van der Waals surface area contributed by atoms with Crippen molar-refractivity contribution < 1.29 is 14.3 Å². The highest BCUT2D eigenvalue weighted by molar-refractivity contribution is 5.97. The molecule has 0 spiro atoms. The van der Waals surface area contributed by atoms with E-state index < -0.39 is 0 Å². The van der Waals surface area contributed by atoms with E-state index in [1.54, 1.807) is 10.9 Å². The van der Waals surface area contributed by atoms with Crippen molar-refractivity contribution in [2.75, 3.05) is 63.9 Å². The zero-order valence-electron chi connectivity index (χ0n) is 15.9. The van der Waals surface area contributed by atoms with Crippen molar-refractivity contribution in [3.05, 3.63) is 12.4 Å². The summed E-state index contributed by atoms with van der Waals surface area (Å²) < 4.78 is 7.05. The molecule has 3 amide bonds. The summed E-state index contributed by atoms with van der Waals surface area (Å²) in [5, 5.41) is 4.19. The lowest BCUT2D eigenvalue weighted by Crippen LogP contribution is -2.60. The third kappa shape index (κ3) is 3.79. The number of rotatable bonds is 2. The number of carbonyl (C=O) groups is 2. The molecule has 1 aromatic rings. The Bertz CT molecular complexity index is 678. The van der Waals surface area contributed by atoms with Crippen LogP contribution in [-0.2, 0) is 16.6 Å². The number of hydrogen-bond donors (Lipinski definition) is 0. The van der Waals surface area contributed by atoms with E-state index in [1.807, 2.05) is 27.9 Å². The number of piperazine rings is 1. The molecule has 1 atom stereocenters. The molecule has 9 heteroatoms. The van der Waals surface area contributed by atoms with Crippen LogP contribution in [0.15, 0.2) is 12.4 Å². The molecular weight excluding hydrogens is 348 g/mol. The largest absolute Gasteiger partial charge is 0.378 e. The van der Waals surface area contributed by atoms with E-state index in [0.29, 0.717) is 39.4 Å². The van der Waals surface area contributed by atoms with Crippen molar-refractivity contribution >= 4 is 17.6 Å². The standard InChI is InChI=1S/C18H28N6O3/c1-20-14-15(13-19-20)24-4-2-3-16(17(24)25)21-5-7-22(8-6-21)18(26)23-9-11-27-12-10-23/h13-14,16H,2-12H2,1H3/t16-/m1/s1. The number of urea groups is 1. The first-order valence-electron chi connectivity index (χ1n) is 9.79. The minimum atomic E-state index is -0.0976. The molecule has 148 valence electrons. The molecule has 0 N–H and O–H groups in total. The Hall–Kier alpha value is -2.13. The van der Waals surface area contributed by atoms with Crippen LogP contribution in [0.4, 0.5) is 10.5 Å². The third-order valence-corrected chi connectivity index (χ3v) is 5.72. The third-order valence-electron chi connectivity index (χ3n) is 5.72. The molecule has 0 saturated carbocycles. The fourth-order valence-electron chi connectivity index (χ4n) is 4.18. The van der Waals surface area contributed by atoms with E-state index in [1.165, 1.54) is 0 Å². The van der Waals surface area contributed by atoms with E-state index in [-0.39, 0.29) is 18.0 Å². The molecule has 4 rings (SSSR count). The van der Waals surface area contributed by atoms with E-state index >= 15 is 0 Å². The maximum atomic E-state index is 13.0. The van der Waals surface area contributed by atoms with Crippen LogP contribution in [0.3, 0.4) is 0 Å². The number of hydrogen-bond acceptors (Lipinski definition) is 5. The number of amides is 3. The van der Waals surface area contributed by atoms with Gasteiger partial charge in [0, 0.05) is 59.1 Å². The summed E-state index contributed by atoms with van der Waals surface area (Å²) in [6, 6.07) is 0.00417. The summed E-state index contributed by atoms with van der Waals surface area (Å²) in [6.45, 7) is 6.15. The Morgan fingerprint density at radius 1 is 1.07 bits per heavy atom. The lowest BCUT2D eigenvalue weighted by atomic mass is 10.0. The molecule has 0 aliphatic carbocycles. The number of anilines is 1. The van der Waals surface area contributed by atoms with Gasteiger partial charge in [-0.05, 0) is 12.8 Å². The molecule has 1 aromatic heterocycles. The smallest absolute Gasteiger partial charge is 0.320 e. The summed E-state index contributed by atoms with van der Waals surface area (Å²) in [5.41, 5.74) is 0.869. The van der Waals surface area contributed by atoms with Crippen LogP contribution in [0, 0.1) is 0 Å². The number of ether oxygens (including phenoxy) is 1. The SMILES string of the molecule is Cn1cc(N2CCC[C@@H](N3CCN(C(=O)N4CCOCC4)CC3)C2=O)cn1. The quantitative estimate of drug-likeness (QED) is 0.726. The first kappa shape index (κ1) is 18.2. The number of piperidine rings is 1. The van der Waals surface area contributed by atoms with Gasteiger partial charge in [-0.25, -0.2) is 4.79 Å². The van der Waals surface area contributed by atoms with E-state index in [9.17, 15) is 9.59 Å². The van der Waals surface area contributed by atoms with Gasteiger partial charge in [0.15, 0.2) is 0 Å². The lowest BCUT2D eigenvalue weighted by Gasteiger charge is -2.43. The second-order valence-electron chi connectivity index (χ2n) is 7.43. The fourth-order valence-corrected chi connectivity index (χ4v) is 4.18. The van der Waals surface area contributed by atoms with Gasteiger partial charge in [-0.3, -0.25) is 14.4 Å². The van der Waals surface area contributed by atoms with Gasteiger partial charge in [0.2, 0.25) is 5.91 Å². The molecule has 0 aromatic carbocycles. The predicted octanol–water partition coefficient (Wildman–Crippen LogP) is -0.0147. The summed E-state index contributed by atoms with van der Waals surface area (Å²) in [5.74, 6) is 0.155. The normalized spacial score (nSPS) is 25.1. The molecule has 3 aliphatic heterocycles. The monoisotopic (exact) mass is 376 g/mol. The molecule has 3 aliphatic rings. The van der Waals surface area contributed by atoms with Crippen LogP contribution in [0.1, 0.15) is 12.8 Å². The van der Waals surface area contributed by atoms with Gasteiger partial charge in [-0.15, -0.1) is 0 Å². The Morgan fingerprint density at radius 3 is 2.44 bits per heavy atom. The van der Waals surface area contributed by atoms with E-state index in [4.69, 9.17) is 4.74 Å². The van der Waals surface area contributed by atoms with Gasteiger partial charge in [-0.2, -0.15) is 5.10 Å². The van der Waals surface area contributed by atoms with Crippen molar-refractivity contribution in [2.45, 2.75) is 18.9 Å². The molecule has 3 fully saturated rings. The van der Waals surface area contributed by atoms with Crippen LogP contribution >= 0.6 is 0 Å². The average Bonchev–Trinajstić information content (AvgIpc) is 3.14. The van der Waals surface area contributed by atoms with Crippen LogP contribution < -0.4 is 4.90 Å². The van der Waals surface area contributed by atoms with Gasteiger partial charge in [0.25, 0.3) is 0 Å². The van der Waals surface area contributed by atoms with Crippen molar-refractivity contribution in [3.8, 4) is 0 Å². The maximum absolute atomic E-state index is 13.0. The second kappa shape index (κ2) is 7.85. The van der Waals surface area contributed by atoms with Gasteiger partial charge in [-0.1, -0.05) is 0 Å². The molecular formula is C18H28N6O3. The number of carbonyl (C=O) groups excluding carboxylic acids is 2. The van der Waals surface area contributed by atoms with Crippen LogP contribution in [0.2, 0.25) is 0 Å². The second-order valence-corrected chi connectivity index (χ2v) is 7.43. The topological polar surface area (TPSA) is 74.2 Å². The summed E-state index contributed by atoms with van der Waals surface area (Å²) in [4.78, 5) is 33.6. The van der Waals surface area contributed by atoms with E-state index in [2.05, 4.69) is 10.00 Å². The summed E-state index contributed by atoms with van der Waals surface area (Å²) >= 11 is 0. The highest BCUT2D eigenvalue weighted by Gasteiger charge is 2.36. The maximum Gasteiger partial charge on any atom is 0.320 e. The van der Waals surface area contributed by atoms with Crippen LogP contribution in [-0.4, -0.2) is 101 Å². The molecule has 0 radical (unpaired) electrons. The number of aryl methyl sites for hydroxylation is 1. The van der Waals surface area contributed by atoms with Crippen LogP contribution in [0.25, 0.3) is 0 Å². The highest BCUT2D eigenvalue weighted by Crippen LogP contribution is 2.24. The Morgan fingerprint density at radius 2 is 1.78 bits per heavy atom. The van der Waals surface area contributed by atoms with Crippen molar-refractivity contribution in [1.29, 1.82) is 0 Å². The van der Waals surface area contributed by atoms with Crippen LogP contribution in [0.5, 0.6) is 0 Å². The minimum Gasteiger partial charge on any atom is -0.378 e. The molecule has 3 saturated heterocycles. The predicted molar refractivity (Wildman–Crippen MR) is 99.5 cm³/mol. The van der Waals surface area contributed by atoms with E-state index in [0.717, 1.165) is 38.2 Å². The zero-order valence-corrected chi connectivity index (χ0v) is 15.9. The Balaban J connectivity index is 1.34. The Kier molecular flexibility index (Phi) is 5.31. The summed E-state index contributed by atoms with van der Waals surface area (Å²) in [6.07, 6.45) is 5.50. The van der Waals surface area contributed by atoms with Crippen molar-refractivity contribution in [1.82, 2.24) is 24.5 Å². The van der Waals surface area contributed by atoms with Crippen molar-refractivity contribution in [3.63, 3.8) is 0 Å². The van der Waals surface area contributed by atoms with Gasteiger partial charge >= 0.3 is 6.03 Å². The molecule has 4 heterocycles. The average molecular weight is 376 g/mol. The first-order chi connectivity index (χ1) is 13.1. The zero-order chi connectivity index (χ0) is 18.8. The molecule has 9 nitrogen and oxygen atoms in total. The van der Waals surface area contributed by atoms with Gasteiger partial charge in [0.05, 0.1) is 31.1 Å². The van der Waals surface area contributed by atoms with Gasteiger partial charge < -0.3 is 19.4 Å². The fraction of sp³-hybridized carbons (Fsp3) is 0.722. The molecule has 27 heavy (non-hydrogen) atoms. The first-order valence-corrected chi connectivity index (χ1v) is 9.79. The minimum absolute atomic E-state index is 0.0976. The molecule has 0 unspecified atom stereocenters. The number of nitrogens with zero attached hydrogens (tertiary/aromatic N) is 6. The molecule has 0 bridgehead atoms.